The molecule has 0 fully saturated rings. The Morgan fingerprint density at radius 1 is 1.69 bits per heavy atom. The van der Waals surface area contributed by atoms with Crippen molar-refractivity contribution in [2.75, 3.05) is 0 Å². The summed E-state index contributed by atoms with van der Waals surface area (Å²) in [5.74, 6) is -0.380. The van der Waals surface area contributed by atoms with Crippen molar-refractivity contribution in [2.45, 2.75) is 5.33 Å². The smallest absolute Gasteiger partial charge is 0.406 e. The molecule has 0 saturated heterocycles. The zero-order valence-corrected chi connectivity index (χ0v) is 8.54. The monoisotopic (exact) mass is 242 g/mol. The number of hydrogen-bond donors (Lipinski definition) is 0. The molecule has 2 rings (SSSR count). The van der Waals surface area contributed by atoms with E-state index in [9.17, 15) is 4.79 Å². The molecule has 2 heterocycles. The lowest BCUT2D eigenvalue weighted by Crippen LogP contribution is -2.08. The zero-order valence-electron chi connectivity index (χ0n) is 6.95. The molecule has 68 valence electrons. The number of alkyl halides is 1. The van der Waals surface area contributed by atoms with Crippen LogP contribution < -0.4 is 5.76 Å². The highest BCUT2D eigenvalue weighted by Gasteiger charge is 2.06. The molecule has 0 radical (unpaired) electrons. The quantitative estimate of drug-likeness (QED) is 0.711. The molecule has 0 N–H and O–H groups in total. The predicted molar refractivity (Wildman–Crippen MR) is 51.9 cm³/mol. The van der Waals surface area contributed by atoms with E-state index >= 15 is 0 Å². The summed E-state index contributed by atoms with van der Waals surface area (Å²) in [7, 11) is 1.63. The molecule has 0 amide bonds. The second-order valence-corrected chi connectivity index (χ2v) is 3.29. The zero-order chi connectivity index (χ0) is 9.42. The molecule has 0 aliphatic carbocycles. The Kier molecular flexibility index (Phi) is 1.95. The van der Waals surface area contributed by atoms with Crippen LogP contribution in [0.5, 0.6) is 0 Å². The summed E-state index contributed by atoms with van der Waals surface area (Å²) in [5, 5.41) is 0.703. The van der Waals surface area contributed by atoms with Crippen LogP contribution in [0.1, 0.15) is 5.56 Å². The molecule has 2 aromatic rings. The summed E-state index contributed by atoms with van der Waals surface area (Å²) in [6, 6.07) is 1.80. The maximum atomic E-state index is 11.1. The van der Waals surface area contributed by atoms with Crippen molar-refractivity contribution in [1.29, 1.82) is 0 Å². The first kappa shape index (κ1) is 8.50. The summed E-state index contributed by atoms with van der Waals surface area (Å²) in [6.45, 7) is 0. The molecule has 0 atom stereocenters. The van der Waals surface area contributed by atoms with Gasteiger partial charge in [0.05, 0.1) is 0 Å². The van der Waals surface area contributed by atoms with Crippen LogP contribution in [0, 0.1) is 0 Å². The fourth-order valence-electron chi connectivity index (χ4n) is 1.13. The number of aromatic nitrogens is 2. The van der Waals surface area contributed by atoms with E-state index in [2.05, 4.69) is 20.9 Å². The fourth-order valence-corrected chi connectivity index (χ4v) is 1.43. The number of oxazole rings is 1. The van der Waals surface area contributed by atoms with Gasteiger partial charge in [-0.05, 0) is 11.6 Å². The average Bonchev–Trinajstić information content (AvgIpc) is 2.42. The SMILES string of the molecule is Cn1c(=O)oc2cc(CBr)cnc21. The predicted octanol–water partition coefficient (Wildman–Crippen LogP) is 1.42. The number of rotatable bonds is 1. The Hall–Kier alpha value is -1.10. The van der Waals surface area contributed by atoms with Crippen molar-refractivity contribution in [2.24, 2.45) is 7.05 Å². The van der Waals surface area contributed by atoms with Gasteiger partial charge in [0, 0.05) is 18.6 Å². The first-order chi connectivity index (χ1) is 6.22. The molecule has 4 nitrogen and oxygen atoms in total. The van der Waals surface area contributed by atoms with Crippen LogP contribution in [-0.2, 0) is 12.4 Å². The molecule has 0 spiro atoms. The Labute approximate surface area is 82.3 Å². The van der Waals surface area contributed by atoms with Gasteiger partial charge in [0.1, 0.15) is 0 Å². The Bertz CT molecular complexity index is 500. The highest BCUT2D eigenvalue weighted by Crippen LogP contribution is 2.12. The Balaban J connectivity index is 2.80. The number of fused-ring (bicyclic) bond motifs is 1. The third kappa shape index (κ3) is 1.29. The van der Waals surface area contributed by atoms with Crippen molar-refractivity contribution < 1.29 is 4.42 Å². The maximum absolute atomic E-state index is 11.1. The number of pyridine rings is 1. The minimum absolute atomic E-state index is 0.380. The average molecular weight is 243 g/mol. The lowest BCUT2D eigenvalue weighted by Gasteiger charge is -1.93. The first-order valence-corrected chi connectivity index (χ1v) is 4.85. The number of hydrogen-bond acceptors (Lipinski definition) is 3. The molecular weight excluding hydrogens is 236 g/mol. The summed E-state index contributed by atoms with van der Waals surface area (Å²) in [5.41, 5.74) is 2.10. The standard InChI is InChI=1S/C8H7BrN2O2/c1-11-7-6(13-8(11)12)2-5(3-9)4-10-7/h2,4H,3H2,1H3. The summed E-state index contributed by atoms with van der Waals surface area (Å²) in [6.07, 6.45) is 1.71. The third-order valence-corrected chi connectivity index (χ3v) is 2.48. The van der Waals surface area contributed by atoms with Gasteiger partial charge in [-0.25, -0.2) is 9.78 Å². The van der Waals surface area contributed by atoms with Crippen molar-refractivity contribution in [3.63, 3.8) is 0 Å². The minimum atomic E-state index is -0.380. The summed E-state index contributed by atoms with van der Waals surface area (Å²) in [4.78, 5) is 15.2. The normalized spacial score (nSPS) is 10.9. The van der Waals surface area contributed by atoms with Gasteiger partial charge >= 0.3 is 5.76 Å². The van der Waals surface area contributed by atoms with Crippen LogP contribution in [0.15, 0.2) is 21.5 Å². The number of aryl methyl sites for hydroxylation is 1. The van der Waals surface area contributed by atoms with E-state index in [1.165, 1.54) is 4.57 Å². The van der Waals surface area contributed by atoms with E-state index in [-0.39, 0.29) is 5.76 Å². The van der Waals surface area contributed by atoms with Gasteiger partial charge in [-0.1, -0.05) is 15.9 Å². The first-order valence-electron chi connectivity index (χ1n) is 3.73. The molecule has 0 bridgehead atoms. The van der Waals surface area contributed by atoms with Gasteiger partial charge in [0.25, 0.3) is 0 Å². The Morgan fingerprint density at radius 3 is 3.15 bits per heavy atom. The lowest BCUT2D eigenvalue weighted by molar-refractivity contribution is 0.528. The van der Waals surface area contributed by atoms with Crippen LogP contribution in [-0.4, -0.2) is 9.55 Å². The molecule has 0 saturated carbocycles. The second-order valence-electron chi connectivity index (χ2n) is 2.73. The lowest BCUT2D eigenvalue weighted by atomic mass is 10.3. The van der Waals surface area contributed by atoms with Gasteiger partial charge in [0.2, 0.25) is 0 Å². The summed E-state index contributed by atoms with van der Waals surface area (Å²) < 4.78 is 6.35. The molecule has 0 unspecified atom stereocenters. The molecule has 0 aliphatic heterocycles. The summed E-state index contributed by atoms with van der Waals surface area (Å²) >= 11 is 3.30. The highest BCUT2D eigenvalue weighted by atomic mass is 79.9. The number of nitrogens with zero attached hydrogens (tertiary/aromatic N) is 2. The van der Waals surface area contributed by atoms with Gasteiger partial charge in [0.15, 0.2) is 11.2 Å². The molecule has 0 aliphatic rings. The molecule has 5 heteroatoms. The van der Waals surface area contributed by atoms with E-state index < -0.39 is 0 Å². The highest BCUT2D eigenvalue weighted by molar-refractivity contribution is 9.08. The van der Waals surface area contributed by atoms with Crippen LogP contribution in [0.2, 0.25) is 0 Å². The van der Waals surface area contributed by atoms with Crippen molar-refractivity contribution in [3.8, 4) is 0 Å². The second kappa shape index (κ2) is 2.99. The van der Waals surface area contributed by atoms with E-state index in [0.717, 1.165) is 5.56 Å². The van der Waals surface area contributed by atoms with Crippen LogP contribution in [0.3, 0.4) is 0 Å². The van der Waals surface area contributed by atoms with Gasteiger partial charge in [-0.2, -0.15) is 0 Å². The van der Waals surface area contributed by atoms with Gasteiger partial charge in [-0.15, -0.1) is 0 Å². The molecule has 0 aromatic carbocycles. The number of halogens is 1. The maximum Gasteiger partial charge on any atom is 0.420 e. The van der Waals surface area contributed by atoms with Crippen LogP contribution in [0.25, 0.3) is 11.2 Å². The third-order valence-electron chi connectivity index (χ3n) is 1.83. The van der Waals surface area contributed by atoms with Gasteiger partial charge < -0.3 is 4.42 Å². The van der Waals surface area contributed by atoms with Crippen molar-refractivity contribution in [3.05, 3.63) is 28.4 Å². The van der Waals surface area contributed by atoms with E-state index in [0.29, 0.717) is 16.6 Å². The minimum Gasteiger partial charge on any atom is -0.406 e. The molecular formula is C8H7BrN2O2. The van der Waals surface area contributed by atoms with Crippen LogP contribution >= 0.6 is 15.9 Å². The van der Waals surface area contributed by atoms with E-state index in [1.807, 2.05) is 0 Å². The van der Waals surface area contributed by atoms with Gasteiger partial charge in [-0.3, -0.25) is 4.57 Å². The van der Waals surface area contributed by atoms with Crippen molar-refractivity contribution in [1.82, 2.24) is 9.55 Å². The molecule has 13 heavy (non-hydrogen) atoms. The molecule has 2 aromatic heterocycles. The Morgan fingerprint density at radius 2 is 2.46 bits per heavy atom. The largest absolute Gasteiger partial charge is 0.420 e. The van der Waals surface area contributed by atoms with E-state index in [1.54, 1.807) is 19.3 Å². The fraction of sp³-hybridized carbons (Fsp3) is 0.250. The topological polar surface area (TPSA) is 48.0 Å². The van der Waals surface area contributed by atoms with Crippen LogP contribution in [0.4, 0.5) is 0 Å². The van der Waals surface area contributed by atoms with Crippen molar-refractivity contribution >= 4 is 27.2 Å². The van der Waals surface area contributed by atoms with E-state index in [4.69, 9.17) is 4.42 Å².